The molecule has 4 rings (SSSR count). The molecule has 2 fully saturated rings. The molecule has 262 valence electrons. The summed E-state index contributed by atoms with van der Waals surface area (Å²) in [6.07, 6.45) is 6.86. The van der Waals surface area contributed by atoms with Gasteiger partial charge in [0, 0.05) is 0 Å². The Morgan fingerprint density at radius 2 is 0.938 bits per heavy atom. The van der Waals surface area contributed by atoms with Gasteiger partial charge in [0.1, 0.15) is 11.1 Å². The summed E-state index contributed by atoms with van der Waals surface area (Å²) in [6.45, 7) is 8.25. The van der Waals surface area contributed by atoms with Crippen LogP contribution in [0.15, 0.2) is 12.1 Å². The van der Waals surface area contributed by atoms with E-state index in [-0.39, 0.29) is 55.2 Å². The number of hydrogen-bond acceptors (Lipinski definition) is 8. The Hall–Kier alpha value is -1.94. The number of carbonyl (C=O) groups is 4. The van der Waals surface area contributed by atoms with Gasteiger partial charge in [-0.15, -0.1) is 0 Å². The largest absolute Gasteiger partial charge is 0.462 e. The van der Waals surface area contributed by atoms with E-state index in [0.717, 1.165) is 37.8 Å². The van der Waals surface area contributed by atoms with E-state index in [4.69, 9.17) is 88.6 Å². The van der Waals surface area contributed by atoms with E-state index >= 15 is 0 Å². The normalized spacial score (nSPS) is 17.3. The second-order valence-electron chi connectivity index (χ2n) is 12.7. The Bertz CT molecular complexity index is 1460. The molecule has 48 heavy (non-hydrogen) atoms. The summed E-state index contributed by atoms with van der Waals surface area (Å²) in [5, 5.41) is -1.46. The smallest absolute Gasteiger partial charge is 0.423 e. The van der Waals surface area contributed by atoms with Gasteiger partial charge in [-0.2, -0.15) is 0 Å². The van der Waals surface area contributed by atoms with Gasteiger partial charge in [-0.25, -0.2) is 19.2 Å². The quantitative estimate of drug-likeness (QED) is 0.0907. The van der Waals surface area contributed by atoms with Crippen molar-refractivity contribution in [2.45, 2.75) is 66.2 Å². The lowest BCUT2D eigenvalue weighted by molar-refractivity contribution is -0.156. The molecule has 2 aliphatic carbocycles. The van der Waals surface area contributed by atoms with Gasteiger partial charge in [0.25, 0.3) is 0 Å². The van der Waals surface area contributed by atoms with Gasteiger partial charge in [-0.05, 0) is 47.6 Å². The van der Waals surface area contributed by atoms with Crippen LogP contribution in [0.2, 0.25) is 30.1 Å². The first-order valence-corrected chi connectivity index (χ1v) is 18.0. The highest BCUT2D eigenvalue weighted by Crippen LogP contribution is 2.43. The number of esters is 4. The molecule has 4 atom stereocenters. The van der Waals surface area contributed by atoms with Crippen LogP contribution >= 0.6 is 69.6 Å². The molecule has 14 heteroatoms. The van der Waals surface area contributed by atoms with Crippen LogP contribution < -0.4 is 9.47 Å². The predicted molar refractivity (Wildman–Crippen MR) is 186 cm³/mol. The zero-order valence-corrected chi connectivity index (χ0v) is 31.3. The van der Waals surface area contributed by atoms with Crippen LogP contribution in [0.1, 0.15) is 86.9 Å². The highest BCUT2D eigenvalue weighted by molar-refractivity contribution is 6.47. The van der Waals surface area contributed by atoms with E-state index < -0.39 is 46.5 Å². The maximum atomic E-state index is 13.2. The third-order valence-corrected chi connectivity index (χ3v) is 11.9. The Morgan fingerprint density at radius 1 is 0.604 bits per heavy atom. The Labute approximate surface area is 309 Å². The molecule has 0 radical (unpaired) electrons. The van der Waals surface area contributed by atoms with Gasteiger partial charge >= 0.3 is 23.9 Å². The third-order valence-electron chi connectivity index (χ3n) is 9.75. The fourth-order valence-electron chi connectivity index (χ4n) is 5.71. The van der Waals surface area contributed by atoms with Crippen molar-refractivity contribution < 1.29 is 38.1 Å². The van der Waals surface area contributed by atoms with Crippen LogP contribution in [0.3, 0.4) is 0 Å². The summed E-state index contributed by atoms with van der Waals surface area (Å²) in [7, 11) is 0. The minimum absolute atomic E-state index is 0.0276. The first kappa shape index (κ1) is 38.9. The van der Waals surface area contributed by atoms with E-state index in [1.165, 1.54) is 12.8 Å². The number of ether oxygens (including phenoxy) is 4. The van der Waals surface area contributed by atoms with Crippen molar-refractivity contribution in [2.75, 3.05) is 13.2 Å². The molecule has 0 aliphatic heterocycles. The average Bonchev–Trinajstić information content (AvgIpc) is 2.97. The van der Waals surface area contributed by atoms with Crippen LogP contribution in [0, 0.1) is 35.5 Å². The maximum Gasteiger partial charge on any atom is 0.423 e. The number of hydrogen-bond donors (Lipinski definition) is 0. The van der Waals surface area contributed by atoms with Crippen LogP contribution in [-0.4, -0.2) is 37.1 Å². The van der Waals surface area contributed by atoms with E-state index in [1.54, 1.807) is 0 Å². The number of rotatable bonds is 12. The minimum atomic E-state index is -1.64. The maximum absolute atomic E-state index is 13.2. The third kappa shape index (κ3) is 8.85. The summed E-state index contributed by atoms with van der Waals surface area (Å²) in [5.74, 6) is -4.57. The van der Waals surface area contributed by atoms with E-state index in [9.17, 15) is 19.2 Å². The number of halogens is 6. The second kappa shape index (κ2) is 16.8. The molecule has 0 heterocycles. The monoisotopic (exact) mass is 782 g/mol. The standard InChI is InChI=1S/C34H36Cl6O8/c1-15(17(3)19-7-5-8-19)13-45-31(41)25-27(39)21(35)11-23(37)29(25)47-33(43)34(44)48-30-24(38)12-22(36)28(40)26(30)32(42)46-14-16(2)18(4)20-9-6-10-20/h11-12,15-20H,5-10,13-14H2,1-4H3. The summed E-state index contributed by atoms with van der Waals surface area (Å²) in [6, 6.07) is 2.27. The molecular weight excluding hydrogens is 749 g/mol. The van der Waals surface area contributed by atoms with E-state index in [1.807, 2.05) is 13.8 Å². The zero-order chi connectivity index (χ0) is 35.4. The van der Waals surface area contributed by atoms with Crippen molar-refractivity contribution in [1.82, 2.24) is 0 Å². The average molecular weight is 785 g/mol. The van der Waals surface area contributed by atoms with Crippen LogP contribution in [0.25, 0.3) is 0 Å². The lowest BCUT2D eigenvalue weighted by Gasteiger charge is -2.34. The lowest BCUT2D eigenvalue weighted by Crippen LogP contribution is -2.29. The van der Waals surface area contributed by atoms with Gasteiger partial charge in [0.15, 0.2) is 11.5 Å². The number of benzene rings is 2. The lowest BCUT2D eigenvalue weighted by atomic mass is 9.72. The molecule has 0 N–H and O–H groups in total. The van der Waals surface area contributed by atoms with Gasteiger partial charge in [-0.3, -0.25) is 0 Å². The van der Waals surface area contributed by atoms with Crippen LogP contribution in [0.5, 0.6) is 11.5 Å². The van der Waals surface area contributed by atoms with Crippen LogP contribution in [-0.2, 0) is 19.1 Å². The molecular formula is C34H36Cl6O8. The summed E-state index contributed by atoms with van der Waals surface area (Å²) < 4.78 is 21.5. The van der Waals surface area contributed by atoms with E-state index in [2.05, 4.69) is 13.8 Å². The Balaban J connectivity index is 1.51. The fourth-order valence-corrected chi connectivity index (χ4v) is 7.15. The highest BCUT2D eigenvalue weighted by atomic mass is 35.5. The summed E-state index contributed by atoms with van der Waals surface area (Å²) in [5.41, 5.74) is -0.915. The fraction of sp³-hybridized carbons (Fsp3) is 0.529. The second-order valence-corrected chi connectivity index (χ2v) is 15.1. The van der Waals surface area contributed by atoms with Gasteiger partial charge < -0.3 is 18.9 Å². The first-order chi connectivity index (χ1) is 22.6. The van der Waals surface area contributed by atoms with Gasteiger partial charge in [0.2, 0.25) is 0 Å². The molecule has 0 amide bonds. The van der Waals surface area contributed by atoms with Crippen molar-refractivity contribution in [1.29, 1.82) is 0 Å². The SMILES string of the molecule is CC(COC(=O)c1c(Cl)c(Cl)cc(Cl)c1OC(=O)C(=O)Oc1c(Cl)cc(Cl)c(Cl)c1C(=O)OCC(C)C(C)C1CCC1)C(C)C1CCC1. The Morgan fingerprint density at radius 3 is 1.23 bits per heavy atom. The summed E-state index contributed by atoms with van der Waals surface area (Å²) in [4.78, 5) is 52.5. The molecule has 4 unspecified atom stereocenters. The molecule has 8 nitrogen and oxygen atoms in total. The minimum Gasteiger partial charge on any atom is -0.462 e. The highest BCUT2D eigenvalue weighted by Gasteiger charge is 2.34. The number of carbonyl (C=O) groups excluding carboxylic acids is 4. The topological polar surface area (TPSA) is 105 Å². The van der Waals surface area contributed by atoms with Crippen molar-refractivity contribution in [3.63, 3.8) is 0 Å². The molecule has 0 bridgehead atoms. The van der Waals surface area contributed by atoms with Gasteiger partial charge in [0.05, 0.1) is 43.3 Å². The molecule has 2 aromatic rings. The Kier molecular flexibility index (Phi) is 13.6. The molecule has 2 aliphatic rings. The molecule has 2 aromatic carbocycles. The molecule has 0 saturated heterocycles. The molecule has 2 saturated carbocycles. The summed E-state index contributed by atoms with van der Waals surface area (Å²) >= 11 is 37.6. The van der Waals surface area contributed by atoms with Crippen molar-refractivity contribution in [3.8, 4) is 11.5 Å². The van der Waals surface area contributed by atoms with Gasteiger partial charge in [-0.1, -0.05) is 136 Å². The van der Waals surface area contributed by atoms with Crippen molar-refractivity contribution >= 4 is 93.5 Å². The predicted octanol–water partition coefficient (Wildman–Crippen LogP) is 10.6. The van der Waals surface area contributed by atoms with E-state index in [0.29, 0.717) is 23.7 Å². The van der Waals surface area contributed by atoms with Crippen molar-refractivity contribution in [2.24, 2.45) is 35.5 Å². The molecule has 0 aromatic heterocycles. The first-order valence-electron chi connectivity index (χ1n) is 15.7. The molecule has 0 spiro atoms. The van der Waals surface area contributed by atoms with Crippen molar-refractivity contribution in [3.05, 3.63) is 53.4 Å². The van der Waals surface area contributed by atoms with Crippen LogP contribution in [0.4, 0.5) is 0 Å². The zero-order valence-electron chi connectivity index (χ0n) is 26.8.